The summed E-state index contributed by atoms with van der Waals surface area (Å²) in [5, 5.41) is 1.14. The minimum atomic E-state index is 0.586. The lowest BCUT2D eigenvalue weighted by atomic mass is 10.1. The number of rotatable bonds is 3. The molecule has 0 fully saturated rings. The van der Waals surface area contributed by atoms with Gasteiger partial charge in [0.05, 0.1) is 5.69 Å². The molecular weight excluding hydrogens is 254 g/mol. The van der Waals surface area contributed by atoms with Gasteiger partial charge in [0.2, 0.25) is 0 Å². The number of fused-ring (bicyclic) bond motifs is 1. The lowest BCUT2D eigenvalue weighted by Gasteiger charge is -2.23. The molecule has 3 nitrogen and oxygen atoms in total. The highest BCUT2D eigenvalue weighted by atomic mass is 32.1. The van der Waals surface area contributed by atoms with Gasteiger partial charge in [-0.15, -0.1) is 11.3 Å². The molecule has 1 aromatic heterocycles. The molecule has 2 aromatic rings. The van der Waals surface area contributed by atoms with E-state index in [1.165, 1.54) is 21.7 Å². The molecule has 0 spiro atoms. The predicted octanol–water partition coefficient (Wildman–Crippen LogP) is 2.65. The van der Waals surface area contributed by atoms with E-state index < -0.39 is 0 Å². The van der Waals surface area contributed by atoms with Gasteiger partial charge in [0, 0.05) is 36.5 Å². The van der Waals surface area contributed by atoms with Crippen molar-refractivity contribution >= 4 is 11.3 Å². The van der Waals surface area contributed by atoms with Crippen molar-refractivity contribution in [2.75, 3.05) is 13.1 Å². The van der Waals surface area contributed by atoms with Crippen LogP contribution < -0.4 is 5.73 Å². The van der Waals surface area contributed by atoms with Crippen molar-refractivity contribution < 1.29 is 0 Å². The molecule has 0 unspecified atom stereocenters. The second-order valence-corrected chi connectivity index (χ2v) is 6.00. The zero-order chi connectivity index (χ0) is 13.2. The molecule has 2 N–H and O–H groups in total. The Kier molecular flexibility index (Phi) is 3.64. The average Bonchev–Trinajstić information content (AvgIpc) is 2.90. The summed E-state index contributed by atoms with van der Waals surface area (Å²) in [6.07, 6.45) is 1.08. The Morgan fingerprint density at radius 1 is 1.42 bits per heavy atom. The number of nitrogens with zero attached hydrogens (tertiary/aromatic N) is 2. The lowest BCUT2D eigenvalue weighted by Crippen LogP contribution is -2.29. The summed E-state index contributed by atoms with van der Waals surface area (Å²) in [6.45, 7) is 6.12. The van der Waals surface area contributed by atoms with E-state index in [0.29, 0.717) is 6.54 Å². The summed E-state index contributed by atoms with van der Waals surface area (Å²) in [7, 11) is 0. The highest BCUT2D eigenvalue weighted by Gasteiger charge is 2.20. The molecule has 0 atom stereocenters. The topological polar surface area (TPSA) is 42.2 Å². The van der Waals surface area contributed by atoms with Crippen molar-refractivity contribution in [1.82, 2.24) is 9.88 Å². The van der Waals surface area contributed by atoms with Gasteiger partial charge in [-0.25, -0.2) is 4.98 Å². The number of likely N-dealkylation sites (N-methyl/N-ethyl adjacent to an activating group) is 1. The van der Waals surface area contributed by atoms with E-state index >= 15 is 0 Å². The third-order valence-electron chi connectivity index (χ3n) is 3.67. The summed E-state index contributed by atoms with van der Waals surface area (Å²) in [5.74, 6) is 0. The number of nitrogens with two attached hydrogens (primary N) is 1. The van der Waals surface area contributed by atoms with Crippen LogP contribution in [-0.2, 0) is 19.5 Å². The first kappa shape index (κ1) is 12.8. The molecule has 1 aliphatic rings. The zero-order valence-corrected chi connectivity index (χ0v) is 12.0. The van der Waals surface area contributed by atoms with Gasteiger partial charge >= 0.3 is 0 Å². The van der Waals surface area contributed by atoms with Crippen LogP contribution in [0.4, 0.5) is 0 Å². The molecule has 0 radical (unpaired) electrons. The Bertz CT molecular complexity index is 577. The van der Waals surface area contributed by atoms with Crippen molar-refractivity contribution in [2.45, 2.75) is 26.4 Å². The first-order valence-electron chi connectivity index (χ1n) is 6.80. The second-order valence-electron chi connectivity index (χ2n) is 4.91. The molecular formula is C15H19N3S. The summed E-state index contributed by atoms with van der Waals surface area (Å²) in [6, 6.07) is 8.41. The Morgan fingerprint density at radius 2 is 2.32 bits per heavy atom. The minimum Gasteiger partial charge on any atom is -0.326 e. The highest BCUT2D eigenvalue weighted by Crippen LogP contribution is 2.31. The number of aromatic nitrogens is 1. The molecule has 2 heterocycles. The van der Waals surface area contributed by atoms with E-state index in [1.54, 1.807) is 0 Å². The van der Waals surface area contributed by atoms with Gasteiger partial charge < -0.3 is 5.73 Å². The van der Waals surface area contributed by atoms with Crippen molar-refractivity contribution in [3.63, 3.8) is 0 Å². The van der Waals surface area contributed by atoms with Crippen LogP contribution in [0.25, 0.3) is 10.6 Å². The van der Waals surface area contributed by atoms with E-state index in [4.69, 9.17) is 10.7 Å². The van der Waals surface area contributed by atoms with E-state index in [9.17, 15) is 0 Å². The molecule has 0 aliphatic carbocycles. The van der Waals surface area contributed by atoms with Gasteiger partial charge in [-0.2, -0.15) is 0 Å². The summed E-state index contributed by atoms with van der Waals surface area (Å²) in [5.41, 5.74) is 9.37. The van der Waals surface area contributed by atoms with E-state index in [2.05, 4.69) is 36.1 Å². The summed E-state index contributed by atoms with van der Waals surface area (Å²) < 4.78 is 0. The van der Waals surface area contributed by atoms with Gasteiger partial charge in [-0.05, 0) is 18.2 Å². The Hall–Kier alpha value is -1.23. The van der Waals surface area contributed by atoms with Crippen LogP contribution in [-0.4, -0.2) is 23.0 Å². The SMILES string of the molecule is CCN1CCc2nc(-c3cccc(CN)c3)sc2C1. The molecule has 0 saturated heterocycles. The molecule has 0 saturated carbocycles. The molecule has 0 amide bonds. The van der Waals surface area contributed by atoms with Crippen LogP contribution in [0.15, 0.2) is 24.3 Å². The fourth-order valence-corrected chi connectivity index (χ4v) is 3.62. The number of thiazole rings is 1. The van der Waals surface area contributed by atoms with Gasteiger partial charge in [-0.1, -0.05) is 25.1 Å². The van der Waals surface area contributed by atoms with Crippen molar-refractivity contribution in [2.24, 2.45) is 5.73 Å². The Labute approximate surface area is 118 Å². The van der Waals surface area contributed by atoms with Gasteiger partial charge in [-0.3, -0.25) is 4.90 Å². The zero-order valence-electron chi connectivity index (χ0n) is 11.2. The smallest absolute Gasteiger partial charge is 0.123 e. The fourth-order valence-electron chi connectivity index (χ4n) is 2.47. The van der Waals surface area contributed by atoms with E-state index in [-0.39, 0.29) is 0 Å². The first-order valence-corrected chi connectivity index (χ1v) is 7.62. The number of hydrogen-bond acceptors (Lipinski definition) is 4. The third kappa shape index (κ3) is 2.56. The molecule has 3 rings (SSSR count). The van der Waals surface area contributed by atoms with Crippen LogP contribution >= 0.6 is 11.3 Å². The third-order valence-corrected chi connectivity index (χ3v) is 4.80. The number of hydrogen-bond donors (Lipinski definition) is 1. The van der Waals surface area contributed by atoms with E-state index in [1.807, 2.05) is 11.3 Å². The van der Waals surface area contributed by atoms with Crippen LogP contribution in [0.5, 0.6) is 0 Å². The lowest BCUT2D eigenvalue weighted by molar-refractivity contribution is 0.270. The Morgan fingerprint density at radius 3 is 3.11 bits per heavy atom. The maximum Gasteiger partial charge on any atom is 0.123 e. The highest BCUT2D eigenvalue weighted by molar-refractivity contribution is 7.15. The molecule has 0 bridgehead atoms. The van der Waals surface area contributed by atoms with Gasteiger partial charge in [0.15, 0.2) is 0 Å². The first-order chi connectivity index (χ1) is 9.30. The maximum absolute atomic E-state index is 5.71. The summed E-state index contributed by atoms with van der Waals surface area (Å²) >= 11 is 1.83. The van der Waals surface area contributed by atoms with Crippen molar-refractivity contribution in [3.8, 4) is 10.6 Å². The standard InChI is InChI=1S/C15H19N3S/c1-2-18-7-6-13-14(10-18)19-15(17-13)12-5-3-4-11(8-12)9-16/h3-5,8H,2,6-7,9-10,16H2,1H3. The monoisotopic (exact) mass is 273 g/mol. The fraction of sp³-hybridized carbons (Fsp3) is 0.400. The predicted molar refractivity (Wildman–Crippen MR) is 80.1 cm³/mol. The van der Waals surface area contributed by atoms with Crippen molar-refractivity contribution in [1.29, 1.82) is 0 Å². The maximum atomic E-state index is 5.71. The number of benzene rings is 1. The molecule has 1 aliphatic heterocycles. The van der Waals surface area contributed by atoms with Crippen LogP contribution in [0.3, 0.4) is 0 Å². The minimum absolute atomic E-state index is 0.586. The van der Waals surface area contributed by atoms with Gasteiger partial charge in [0.1, 0.15) is 5.01 Å². The molecule has 1 aromatic carbocycles. The largest absolute Gasteiger partial charge is 0.326 e. The quantitative estimate of drug-likeness (QED) is 0.935. The Balaban J connectivity index is 1.92. The van der Waals surface area contributed by atoms with Crippen LogP contribution in [0.2, 0.25) is 0 Å². The van der Waals surface area contributed by atoms with Gasteiger partial charge in [0.25, 0.3) is 0 Å². The van der Waals surface area contributed by atoms with Crippen LogP contribution in [0, 0.1) is 0 Å². The molecule has 19 heavy (non-hydrogen) atoms. The molecule has 4 heteroatoms. The molecule has 100 valence electrons. The second kappa shape index (κ2) is 5.41. The van der Waals surface area contributed by atoms with E-state index in [0.717, 1.165) is 31.1 Å². The average molecular weight is 273 g/mol. The van der Waals surface area contributed by atoms with Crippen LogP contribution in [0.1, 0.15) is 23.1 Å². The van der Waals surface area contributed by atoms with Crippen molar-refractivity contribution in [3.05, 3.63) is 40.4 Å². The summed E-state index contributed by atoms with van der Waals surface area (Å²) in [4.78, 5) is 8.72. The normalized spacial score (nSPS) is 15.5.